The van der Waals surface area contributed by atoms with E-state index < -0.39 is 12.0 Å². The van der Waals surface area contributed by atoms with E-state index in [1.54, 1.807) is 0 Å². The van der Waals surface area contributed by atoms with Gasteiger partial charge in [-0.15, -0.1) is 0 Å². The maximum absolute atomic E-state index is 12.1. The highest BCUT2D eigenvalue weighted by Gasteiger charge is 2.25. The molecule has 0 amide bonds. The van der Waals surface area contributed by atoms with Gasteiger partial charge in [-0.25, -0.2) is 0 Å². The fourth-order valence-corrected chi connectivity index (χ4v) is 3.50. The Morgan fingerprint density at radius 1 is 0.906 bits per heavy atom. The van der Waals surface area contributed by atoms with E-state index in [1.807, 2.05) is 31.2 Å². The van der Waals surface area contributed by atoms with E-state index in [9.17, 15) is 9.90 Å². The van der Waals surface area contributed by atoms with E-state index in [1.165, 1.54) is 0 Å². The topological polar surface area (TPSA) is 104 Å². The molecule has 0 bridgehead atoms. The van der Waals surface area contributed by atoms with Gasteiger partial charge in [-0.05, 0) is 31.0 Å². The van der Waals surface area contributed by atoms with Gasteiger partial charge in [0.15, 0.2) is 0 Å². The second kappa shape index (κ2) is 16.8. The third-order valence-corrected chi connectivity index (χ3v) is 5.26. The van der Waals surface area contributed by atoms with Crippen LogP contribution in [-0.4, -0.2) is 107 Å². The number of hydrogen-bond acceptors (Lipinski definition) is 8. The lowest BCUT2D eigenvalue weighted by molar-refractivity contribution is -0.143. The van der Waals surface area contributed by atoms with Crippen LogP contribution in [0.4, 0.5) is 0 Å². The first-order valence-electron chi connectivity index (χ1n) is 11.7. The van der Waals surface area contributed by atoms with Crippen molar-refractivity contribution in [3.8, 4) is 5.75 Å². The average Bonchev–Trinajstić information content (AvgIpc) is 2.78. The quantitative estimate of drug-likeness (QED) is 0.331. The summed E-state index contributed by atoms with van der Waals surface area (Å²) in [4.78, 5) is 14.1. The molecule has 1 saturated heterocycles. The van der Waals surface area contributed by atoms with Gasteiger partial charge < -0.3 is 35.3 Å². The molecule has 0 spiro atoms. The maximum Gasteiger partial charge on any atom is 0.321 e. The second-order valence-electron chi connectivity index (χ2n) is 7.65. The predicted octanol–water partition coefficient (Wildman–Crippen LogP) is 0.199. The minimum atomic E-state index is -0.789. The zero-order valence-electron chi connectivity index (χ0n) is 19.3. The zero-order valence-corrected chi connectivity index (χ0v) is 19.3. The first-order valence-corrected chi connectivity index (χ1v) is 11.7. The molecular formula is C23H40N4O5. The summed E-state index contributed by atoms with van der Waals surface area (Å²) in [7, 11) is 0. The SMILES string of the molecule is CCOCCOCCOc1ccc(CC(C(=O)O)N2CCNCCNCCNCC2)cc1. The predicted molar refractivity (Wildman–Crippen MR) is 125 cm³/mol. The molecule has 2 rings (SSSR count). The Kier molecular flexibility index (Phi) is 13.9. The van der Waals surface area contributed by atoms with Crippen LogP contribution in [0.5, 0.6) is 5.75 Å². The Morgan fingerprint density at radius 2 is 1.47 bits per heavy atom. The van der Waals surface area contributed by atoms with E-state index in [2.05, 4.69) is 20.9 Å². The van der Waals surface area contributed by atoms with Crippen molar-refractivity contribution < 1.29 is 24.1 Å². The van der Waals surface area contributed by atoms with Crippen LogP contribution < -0.4 is 20.7 Å². The van der Waals surface area contributed by atoms with Gasteiger partial charge in [-0.1, -0.05) is 12.1 Å². The summed E-state index contributed by atoms with van der Waals surface area (Å²) in [5.74, 6) is -0.0364. The lowest BCUT2D eigenvalue weighted by Gasteiger charge is -2.29. The molecule has 32 heavy (non-hydrogen) atoms. The Morgan fingerprint density at radius 3 is 2.06 bits per heavy atom. The van der Waals surface area contributed by atoms with Crippen molar-refractivity contribution in [1.82, 2.24) is 20.9 Å². The van der Waals surface area contributed by atoms with Crippen LogP contribution in [-0.2, 0) is 20.7 Å². The third kappa shape index (κ3) is 11.2. The van der Waals surface area contributed by atoms with Crippen molar-refractivity contribution in [2.24, 2.45) is 0 Å². The van der Waals surface area contributed by atoms with Crippen molar-refractivity contribution in [1.29, 1.82) is 0 Å². The Hall–Kier alpha value is -1.75. The summed E-state index contributed by atoms with van der Waals surface area (Å²) >= 11 is 0. The van der Waals surface area contributed by atoms with Crippen LogP contribution in [0.2, 0.25) is 0 Å². The van der Waals surface area contributed by atoms with Crippen molar-refractivity contribution in [3.05, 3.63) is 29.8 Å². The molecule has 9 heteroatoms. The Labute approximate surface area is 191 Å². The van der Waals surface area contributed by atoms with Crippen molar-refractivity contribution in [2.45, 2.75) is 19.4 Å². The fraction of sp³-hybridized carbons (Fsp3) is 0.696. The molecule has 4 N–H and O–H groups in total. The lowest BCUT2D eigenvalue weighted by atomic mass is 10.0. The van der Waals surface area contributed by atoms with Gasteiger partial charge in [0.05, 0.1) is 19.8 Å². The summed E-state index contributed by atoms with van der Waals surface area (Å²) in [5, 5.41) is 20.0. The molecule has 0 aliphatic carbocycles. The van der Waals surface area contributed by atoms with E-state index in [0.29, 0.717) is 52.5 Å². The van der Waals surface area contributed by atoms with Crippen molar-refractivity contribution in [3.63, 3.8) is 0 Å². The van der Waals surface area contributed by atoms with Crippen LogP contribution in [0.25, 0.3) is 0 Å². The highest BCUT2D eigenvalue weighted by Crippen LogP contribution is 2.15. The molecule has 0 aromatic heterocycles. The van der Waals surface area contributed by atoms with Crippen LogP contribution in [0.3, 0.4) is 0 Å². The molecule has 0 saturated carbocycles. The van der Waals surface area contributed by atoms with Crippen LogP contribution in [0.1, 0.15) is 12.5 Å². The van der Waals surface area contributed by atoms with E-state index in [4.69, 9.17) is 14.2 Å². The number of aliphatic carboxylic acids is 1. The minimum absolute atomic E-state index is 0.456. The summed E-state index contributed by atoms with van der Waals surface area (Å²) in [6, 6.07) is 7.10. The highest BCUT2D eigenvalue weighted by atomic mass is 16.5. The third-order valence-electron chi connectivity index (χ3n) is 5.26. The van der Waals surface area contributed by atoms with Gasteiger partial charge in [0.25, 0.3) is 0 Å². The van der Waals surface area contributed by atoms with Gasteiger partial charge in [0.1, 0.15) is 18.4 Å². The van der Waals surface area contributed by atoms with Gasteiger partial charge >= 0.3 is 5.97 Å². The number of nitrogens with one attached hydrogen (secondary N) is 3. The normalized spacial score (nSPS) is 17.8. The first kappa shape index (κ1) is 26.5. The molecule has 1 unspecified atom stereocenters. The number of nitrogens with zero attached hydrogens (tertiary/aromatic N) is 1. The van der Waals surface area contributed by atoms with Gasteiger partial charge in [-0.3, -0.25) is 9.69 Å². The summed E-state index contributed by atoms with van der Waals surface area (Å²) in [6.07, 6.45) is 0.456. The van der Waals surface area contributed by atoms with Crippen molar-refractivity contribution >= 4 is 5.97 Å². The molecule has 1 aromatic carbocycles. The Balaban J connectivity index is 1.82. The number of carbonyl (C=O) groups is 1. The van der Waals surface area contributed by atoms with E-state index in [0.717, 1.165) is 50.6 Å². The first-order chi connectivity index (χ1) is 15.7. The number of ether oxygens (including phenoxy) is 3. The van der Waals surface area contributed by atoms with Crippen LogP contribution in [0, 0.1) is 0 Å². The molecule has 1 atom stereocenters. The molecule has 0 radical (unpaired) electrons. The van der Waals surface area contributed by atoms with Crippen LogP contribution in [0.15, 0.2) is 24.3 Å². The second-order valence-corrected chi connectivity index (χ2v) is 7.65. The smallest absolute Gasteiger partial charge is 0.321 e. The fourth-order valence-electron chi connectivity index (χ4n) is 3.50. The van der Waals surface area contributed by atoms with Crippen LogP contribution >= 0.6 is 0 Å². The van der Waals surface area contributed by atoms with E-state index in [-0.39, 0.29) is 0 Å². The highest BCUT2D eigenvalue weighted by molar-refractivity contribution is 5.74. The number of carboxylic acid groups (broad SMARTS) is 1. The van der Waals surface area contributed by atoms with Gasteiger partial charge in [-0.2, -0.15) is 0 Å². The van der Waals surface area contributed by atoms with Crippen molar-refractivity contribution in [2.75, 3.05) is 85.4 Å². The molecular weight excluding hydrogens is 412 g/mol. The zero-order chi connectivity index (χ0) is 22.9. The monoisotopic (exact) mass is 452 g/mol. The molecule has 9 nitrogen and oxygen atoms in total. The number of benzene rings is 1. The minimum Gasteiger partial charge on any atom is -0.491 e. The molecule has 1 heterocycles. The Bertz CT molecular complexity index is 605. The van der Waals surface area contributed by atoms with E-state index >= 15 is 0 Å². The molecule has 1 fully saturated rings. The lowest BCUT2D eigenvalue weighted by Crippen LogP contribution is -2.49. The number of carboxylic acids is 1. The summed E-state index contributed by atoms with van der Waals surface area (Å²) < 4.78 is 16.4. The standard InChI is InChI=1S/C23H40N4O5/c1-2-30-15-16-31-17-18-32-21-5-3-20(4-6-21)19-22(23(28)29)27-13-11-25-9-7-24-8-10-26-12-14-27/h3-6,22,24-26H,2,7-19H2,1H3,(H,28,29). The summed E-state index contributed by atoms with van der Waals surface area (Å²) in [5.41, 5.74) is 0.981. The largest absolute Gasteiger partial charge is 0.491 e. The van der Waals surface area contributed by atoms with Gasteiger partial charge in [0.2, 0.25) is 0 Å². The molecule has 1 aromatic rings. The molecule has 1 aliphatic heterocycles. The van der Waals surface area contributed by atoms with Gasteiger partial charge in [0, 0.05) is 59.0 Å². The number of hydrogen-bond donors (Lipinski definition) is 4. The molecule has 182 valence electrons. The average molecular weight is 453 g/mol. The number of rotatable bonds is 12. The summed E-state index contributed by atoms with van der Waals surface area (Å²) in [6.45, 7) is 11.3. The maximum atomic E-state index is 12.1. The molecule has 1 aliphatic rings.